The molecule has 0 atom stereocenters. The summed E-state index contributed by atoms with van der Waals surface area (Å²) in [6.07, 6.45) is 3.59. The zero-order valence-electron chi connectivity index (χ0n) is 24.5. The number of hydrogen-bond donors (Lipinski definition) is 2. The molecule has 0 bridgehead atoms. The van der Waals surface area contributed by atoms with E-state index in [1.54, 1.807) is 13.0 Å². The van der Waals surface area contributed by atoms with Gasteiger partial charge in [0.25, 0.3) is 0 Å². The van der Waals surface area contributed by atoms with E-state index in [1.807, 2.05) is 63.2 Å². The van der Waals surface area contributed by atoms with Gasteiger partial charge in [-0.1, -0.05) is 93.2 Å². The third-order valence-electron chi connectivity index (χ3n) is 5.93. The summed E-state index contributed by atoms with van der Waals surface area (Å²) in [6.45, 7) is 20.6. The Morgan fingerprint density at radius 2 is 1.31 bits per heavy atom. The summed E-state index contributed by atoms with van der Waals surface area (Å²) < 4.78 is 11.5. The van der Waals surface area contributed by atoms with Crippen molar-refractivity contribution in [3.63, 3.8) is 0 Å². The van der Waals surface area contributed by atoms with E-state index in [9.17, 15) is 0 Å². The van der Waals surface area contributed by atoms with Gasteiger partial charge in [0, 0.05) is 22.3 Å². The average Bonchev–Trinajstić information content (AvgIpc) is 3.37. The molecule has 39 heavy (non-hydrogen) atoms. The first kappa shape index (κ1) is 33.2. The molecular weight excluding hydrogens is 484 g/mol. The standard InChI is InChI=1S/C30H36N4O2.C2H6.CH4/c1-9-20(27-33-34-28(36-27)22-12-16-24(17-13-22)30(6,7)8)18-19(2)25(31)35-26(32)21-10-14-23(15-11-21)29(3,4)5;1-2;/h9-18,31-32H,1-8H3;1-2H3;1H4/b19-18+,20-9+,31-25?,32-26?;;. The molecule has 2 N–H and O–H groups in total. The SMILES string of the molecule is C.C/C=C(\C=C(/C)C(=N)OC(=N)c1ccc(C(C)(C)C)cc1)c1nnc(-c2ccc(C(C)(C)C)cc2)o1.CC. The molecular formula is C33H46N4O2. The Morgan fingerprint density at radius 1 is 0.821 bits per heavy atom. The van der Waals surface area contributed by atoms with Crippen LogP contribution in [0.5, 0.6) is 0 Å². The molecule has 0 fully saturated rings. The maximum absolute atomic E-state index is 8.33. The summed E-state index contributed by atoms with van der Waals surface area (Å²) in [5.41, 5.74) is 5.17. The molecule has 0 aliphatic heterocycles. The molecule has 210 valence electrons. The quantitative estimate of drug-likeness (QED) is 0.195. The second-order valence-electron chi connectivity index (χ2n) is 10.9. The zero-order chi connectivity index (χ0) is 28.7. The minimum absolute atomic E-state index is 0. The molecule has 0 saturated carbocycles. The number of nitrogens with one attached hydrogen (secondary N) is 2. The predicted molar refractivity (Wildman–Crippen MR) is 165 cm³/mol. The van der Waals surface area contributed by atoms with Crippen molar-refractivity contribution in [2.24, 2.45) is 0 Å². The van der Waals surface area contributed by atoms with Crippen molar-refractivity contribution < 1.29 is 9.15 Å². The Morgan fingerprint density at radius 3 is 1.77 bits per heavy atom. The number of ether oxygens (including phenoxy) is 1. The van der Waals surface area contributed by atoms with Crippen LogP contribution in [-0.2, 0) is 15.6 Å². The highest BCUT2D eigenvalue weighted by Gasteiger charge is 2.17. The van der Waals surface area contributed by atoms with Gasteiger partial charge in [-0.3, -0.25) is 10.8 Å². The molecule has 0 radical (unpaired) electrons. The predicted octanol–water partition coefficient (Wildman–Crippen LogP) is 9.36. The lowest BCUT2D eigenvalue weighted by atomic mass is 9.87. The number of benzene rings is 2. The monoisotopic (exact) mass is 530 g/mol. The summed E-state index contributed by atoms with van der Waals surface area (Å²) in [4.78, 5) is 0. The molecule has 6 heteroatoms. The van der Waals surface area contributed by atoms with Gasteiger partial charge < -0.3 is 9.15 Å². The van der Waals surface area contributed by atoms with E-state index in [1.165, 1.54) is 11.1 Å². The number of aromatic nitrogens is 2. The Balaban J connectivity index is 0.00000248. The van der Waals surface area contributed by atoms with E-state index in [-0.39, 0.29) is 30.1 Å². The maximum Gasteiger partial charge on any atom is 0.248 e. The molecule has 0 saturated heterocycles. The first-order valence-corrected chi connectivity index (χ1v) is 13.0. The number of rotatable bonds is 5. The largest absolute Gasteiger partial charge is 0.421 e. The van der Waals surface area contributed by atoms with E-state index < -0.39 is 0 Å². The average molecular weight is 531 g/mol. The van der Waals surface area contributed by atoms with Gasteiger partial charge in [0.05, 0.1) is 0 Å². The molecule has 3 rings (SSSR count). The maximum atomic E-state index is 8.33. The topological polar surface area (TPSA) is 95.8 Å². The lowest BCUT2D eigenvalue weighted by Gasteiger charge is -2.19. The van der Waals surface area contributed by atoms with Crippen LogP contribution in [0, 0.1) is 10.8 Å². The number of allylic oxidation sites excluding steroid dienone is 3. The van der Waals surface area contributed by atoms with Crippen molar-refractivity contribution in [1.82, 2.24) is 10.2 Å². The summed E-state index contributed by atoms with van der Waals surface area (Å²) in [5, 5.41) is 25.0. The first-order valence-electron chi connectivity index (χ1n) is 13.0. The second-order valence-corrected chi connectivity index (χ2v) is 10.9. The van der Waals surface area contributed by atoms with Gasteiger partial charge in [-0.15, -0.1) is 10.2 Å². The fraction of sp³-hybridized carbons (Fsp3) is 0.394. The Hall–Kier alpha value is -3.80. The molecule has 2 aromatic carbocycles. The molecule has 1 heterocycles. The summed E-state index contributed by atoms with van der Waals surface area (Å²) in [6, 6.07) is 15.8. The molecule has 0 aliphatic rings. The van der Waals surface area contributed by atoms with Gasteiger partial charge in [0.15, 0.2) is 0 Å². The molecule has 3 aromatic rings. The lowest BCUT2D eigenvalue weighted by molar-refractivity contribution is 0.535. The van der Waals surface area contributed by atoms with Gasteiger partial charge in [-0.05, 0) is 66.1 Å². The number of nitrogens with zero attached hydrogens (tertiary/aromatic N) is 2. The van der Waals surface area contributed by atoms with Gasteiger partial charge >= 0.3 is 0 Å². The van der Waals surface area contributed by atoms with Crippen LogP contribution in [0.3, 0.4) is 0 Å². The Bertz CT molecular complexity index is 1300. The van der Waals surface area contributed by atoms with Crippen LogP contribution in [0.2, 0.25) is 0 Å². The minimum atomic E-state index is -0.114. The van der Waals surface area contributed by atoms with E-state index in [2.05, 4.69) is 63.9 Å². The van der Waals surface area contributed by atoms with Crippen LogP contribution in [0.1, 0.15) is 99.2 Å². The summed E-state index contributed by atoms with van der Waals surface area (Å²) in [5.74, 6) is 0.598. The van der Waals surface area contributed by atoms with Gasteiger partial charge in [0.1, 0.15) is 0 Å². The third kappa shape index (κ3) is 8.88. The van der Waals surface area contributed by atoms with Crippen LogP contribution in [0.25, 0.3) is 17.0 Å². The number of hydrogen-bond acceptors (Lipinski definition) is 6. The Labute approximate surface area is 235 Å². The highest BCUT2D eigenvalue weighted by Crippen LogP contribution is 2.27. The lowest BCUT2D eigenvalue weighted by Crippen LogP contribution is -2.14. The normalized spacial score (nSPS) is 12.2. The second kappa shape index (κ2) is 13.8. The summed E-state index contributed by atoms with van der Waals surface area (Å²) in [7, 11) is 0. The van der Waals surface area contributed by atoms with Crippen molar-refractivity contribution in [3.8, 4) is 11.5 Å². The van der Waals surface area contributed by atoms with Crippen molar-refractivity contribution in [3.05, 3.63) is 88.8 Å². The molecule has 1 aromatic heterocycles. The summed E-state index contributed by atoms with van der Waals surface area (Å²) >= 11 is 0. The van der Waals surface area contributed by atoms with Crippen molar-refractivity contribution in [2.75, 3.05) is 0 Å². The third-order valence-corrected chi connectivity index (χ3v) is 5.93. The fourth-order valence-corrected chi connectivity index (χ4v) is 3.50. The van der Waals surface area contributed by atoms with E-state index in [0.29, 0.717) is 28.5 Å². The van der Waals surface area contributed by atoms with Crippen LogP contribution < -0.4 is 0 Å². The van der Waals surface area contributed by atoms with Crippen molar-refractivity contribution in [2.45, 2.75) is 87.5 Å². The van der Waals surface area contributed by atoms with Crippen molar-refractivity contribution >= 4 is 17.4 Å². The van der Waals surface area contributed by atoms with Crippen LogP contribution in [0.15, 0.2) is 70.7 Å². The van der Waals surface area contributed by atoms with E-state index >= 15 is 0 Å². The van der Waals surface area contributed by atoms with Gasteiger partial charge in [0.2, 0.25) is 23.6 Å². The van der Waals surface area contributed by atoms with Crippen LogP contribution in [-0.4, -0.2) is 22.0 Å². The molecule has 0 aliphatic carbocycles. The van der Waals surface area contributed by atoms with Crippen LogP contribution in [0.4, 0.5) is 0 Å². The molecule has 0 spiro atoms. The highest BCUT2D eigenvalue weighted by molar-refractivity contribution is 6.05. The molecule has 6 nitrogen and oxygen atoms in total. The highest BCUT2D eigenvalue weighted by atomic mass is 16.5. The minimum Gasteiger partial charge on any atom is -0.421 e. The van der Waals surface area contributed by atoms with Gasteiger partial charge in [-0.2, -0.15) is 0 Å². The smallest absolute Gasteiger partial charge is 0.248 e. The van der Waals surface area contributed by atoms with Crippen molar-refractivity contribution in [1.29, 1.82) is 10.8 Å². The van der Waals surface area contributed by atoms with E-state index in [4.69, 9.17) is 20.0 Å². The Kier molecular flexibility index (Phi) is 11.8. The van der Waals surface area contributed by atoms with Crippen LogP contribution >= 0.6 is 0 Å². The zero-order valence-corrected chi connectivity index (χ0v) is 24.5. The van der Waals surface area contributed by atoms with Gasteiger partial charge in [-0.25, -0.2) is 0 Å². The van der Waals surface area contributed by atoms with E-state index in [0.717, 1.165) is 5.56 Å². The molecule has 0 unspecified atom stereocenters. The fourth-order valence-electron chi connectivity index (χ4n) is 3.50. The molecule has 0 amide bonds. The first-order chi connectivity index (χ1) is 17.8.